The Balaban J connectivity index is 1.78. The van der Waals surface area contributed by atoms with Crippen LogP contribution in [0, 0.1) is 0 Å². The molecule has 142 valence electrons. The summed E-state index contributed by atoms with van der Waals surface area (Å²) >= 11 is 6.28. The van der Waals surface area contributed by atoms with Crippen LogP contribution in [0.4, 0.5) is 17.3 Å². The number of benzene rings is 1. The molecule has 3 N–H and O–H groups in total. The van der Waals surface area contributed by atoms with E-state index in [2.05, 4.69) is 20.6 Å². The van der Waals surface area contributed by atoms with Crippen molar-refractivity contribution in [3.63, 3.8) is 0 Å². The number of ether oxygens (including phenoxy) is 1. The van der Waals surface area contributed by atoms with Crippen molar-refractivity contribution in [1.82, 2.24) is 9.97 Å². The molecule has 1 amide bonds. The molecule has 0 aliphatic carbocycles. The first kappa shape index (κ1) is 19.1. The van der Waals surface area contributed by atoms with Crippen molar-refractivity contribution >= 4 is 40.8 Å². The van der Waals surface area contributed by atoms with Crippen LogP contribution < -0.4 is 15.4 Å². The fourth-order valence-electron chi connectivity index (χ4n) is 2.33. The first-order valence-corrected chi connectivity index (χ1v) is 8.46. The number of aromatic nitrogens is 2. The highest BCUT2D eigenvalue weighted by Crippen LogP contribution is 2.33. The van der Waals surface area contributed by atoms with Gasteiger partial charge in [-0.05, 0) is 36.4 Å². The number of rotatable bonds is 6. The first-order valence-electron chi connectivity index (χ1n) is 8.09. The van der Waals surface area contributed by atoms with Gasteiger partial charge >= 0.3 is 5.97 Å². The maximum Gasteiger partial charge on any atom is 0.339 e. The van der Waals surface area contributed by atoms with Crippen molar-refractivity contribution < 1.29 is 19.4 Å². The standard InChI is InChI=1S/C19H15ClN4O4/c1-11(25)23-17-10-13(6-8-21-17)28-16-5-4-12(9-15(16)20)24-18-14(19(26)27)3-2-7-22-18/h2-10H,1H3,(H,22,24)(H,26,27)(H,21,23,25). The molecular formula is C19H15ClN4O4. The van der Waals surface area contributed by atoms with Crippen LogP contribution >= 0.6 is 11.6 Å². The number of carbonyl (C=O) groups is 2. The molecule has 28 heavy (non-hydrogen) atoms. The quantitative estimate of drug-likeness (QED) is 0.566. The van der Waals surface area contributed by atoms with E-state index in [-0.39, 0.29) is 17.3 Å². The molecule has 0 aliphatic rings. The van der Waals surface area contributed by atoms with E-state index in [1.165, 1.54) is 25.4 Å². The zero-order valence-corrected chi connectivity index (χ0v) is 15.4. The van der Waals surface area contributed by atoms with Gasteiger partial charge in [-0.15, -0.1) is 0 Å². The molecule has 0 saturated carbocycles. The number of amides is 1. The summed E-state index contributed by atoms with van der Waals surface area (Å²) in [5.41, 5.74) is 0.591. The molecule has 3 rings (SSSR count). The maximum absolute atomic E-state index is 11.3. The van der Waals surface area contributed by atoms with Gasteiger partial charge in [-0.2, -0.15) is 0 Å². The Hall–Kier alpha value is -3.65. The summed E-state index contributed by atoms with van der Waals surface area (Å²) in [6, 6.07) is 11.1. The van der Waals surface area contributed by atoms with Crippen LogP contribution in [-0.4, -0.2) is 27.0 Å². The molecule has 0 unspecified atom stereocenters. The van der Waals surface area contributed by atoms with Crippen LogP contribution in [0.5, 0.6) is 11.5 Å². The molecule has 1 aromatic carbocycles. The van der Waals surface area contributed by atoms with Gasteiger partial charge in [-0.1, -0.05) is 11.6 Å². The highest BCUT2D eigenvalue weighted by molar-refractivity contribution is 6.32. The van der Waals surface area contributed by atoms with Crippen LogP contribution in [0.2, 0.25) is 5.02 Å². The molecule has 0 radical (unpaired) electrons. The van der Waals surface area contributed by atoms with Crippen molar-refractivity contribution in [2.45, 2.75) is 6.92 Å². The summed E-state index contributed by atoms with van der Waals surface area (Å²) in [4.78, 5) is 30.5. The van der Waals surface area contributed by atoms with Gasteiger partial charge < -0.3 is 20.5 Å². The maximum atomic E-state index is 11.3. The number of pyridine rings is 2. The summed E-state index contributed by atoms with van der Waals surface area (Å²) in [7, 11) is 0. The highest BCUT2D eigenvalue weighted by Gasteiger charge is 2.12. The van der Waals surface area contributed by atoms with Gasteiger partial charge in [0.25, 0.3) is 0 Å². The van der Waals surface area contributed by atoms with Crippen LogP contribution in [0.15, 0.2) is 54.9 Å². The Bertz CT molecular complexity index is 1040. The lowest BCUT2D eigenvalue weighted by Crippen LogP contribution is -2.07. The average Bonchev–Trinajstić information content (AvgIpc) is 2.64. The second-order valence-electron chi connectivity index (χ2n) is 5.63. The Kier molecular flexibility index (Phi) is 5.71. The number of carboxylic acid groups (broad SMARTS) is 1. The van der Waals surface area contributed by atoms with E-state index in [0.29, 0.717) is 28.0 Å². The van der Waals surface area contributed by atoms with E-state index in [9.17, 15) is 14.7 Å². The zero-order chi connectivity index (χ0) is 20.1. The normalized spacial score (nSPS) is 10.2. The SMILES string of the molecule is CC(=O)Nc1cc(Oc2ccc(Nc3ncccc3C(=O)O)cc2Cl)ccn1. The zero-order valence-electron chi connectivity index (χ0n) is 14.6. The van der Waals surface area contributed by atoms with Crippen LogP contribution in [0.3, 0.4) is 0 Å². The predicted molar refractivity (Wildman–Crippen MR) is 105 cm³/mol. The van der Waals surface area contributed by atoms with E-state index in [1.807, 2.05) is 0 Å². The van der Waals surface area contributed by atoms with E-state index < -0.39 is 5.97 Å². The minimum Gasteiger partial charge on any atom is -0.478 e. The summed E-state index contributed by atoms with van der Waals surface area (Å²) < 4.78 is 5.74. The molecule has 0 spiro atoms. The summed E-state index contributed by atoms with van der Waals surface area (Å²) in [5.74, 6) is 0.0539. The van der Waals surface area contributed by atoms with Crippen molar-refractivity contribution in [2.75, 3.05) is 10.6 Å². The van der Waals surface area contributed by atoms with Gasteiger partial charge in [-0.25, -0.2) is 14.8 Å². The second kappa shape index (κ2) is 8.36. The van der Waals surface area contributed by atoms with Crippen molar-refractivity contribution in [2.24, 2.45) is 0 Å². The van der Waals surface area contributed by atoms with Crippen molar-refractivity contribution in [3.05, 3.63) is 65.4 Å². The molecule has 8 nitrogen and oxygen atoms in total. The Labute approximate surface area is 165 Å². The minimum absolute atomic E-state index is 0.0428. The number of halogens is 1. The summed E-state index contributed by atoms with van der Waals surface area (Å²) in [5, 5.41) is 15.0. The smallest absolute Gasteiger partial charge is 0.339 e. The third-order valence-electron chi connectivity index (χ3n) is 3.50. The summed E-state index contributed by atoms with van der Waals surface area (Å²) in [6.45, 7) is 1.38. The lowest BCUT2D eigenvalue weighted by molar-refractivity contribution is -0.114. The Morgan fingerprint density at radius 1 is 1.11 bits per heavy atom. The highest BCUT2D eigenvalue weighted by atomic mass is 35.5. The molecule has 0 bridgehead atoms. The topological polar surface area (TPSA) is 113 Å². The predicted octanol–water partition coefficient (Wildman–Crippen LogP) is 4.32. The number of aromatic carboxylic acids is 1. The molecule has 3 aromatic rings. The number of carbonyl (C=O) groups excluding carboxylic acids is 1. The first-order chi connectivity index (χ1) is 13.4. The molecule has 2 heterocycles. The number of anilines is 3. The molecule has 0 aliphatic heterocycles. The average molecular weight is 399 g/mol. The van der Waals surface area contributed by atoms with Crippen LogP contribution in [0.25, 0.3) is 0 Å². The number of hydrogen-bond acceptors (Lipinski definition) is 6. The van der Waals surface area contributed by atoms with Crippen molar-refractivity contribution in [3.8, 4) is 11.5 Å². The lowest BCUT2D eigenvalue weighted by Gasteiger charge is -2.12. The van der Waals surface area contributed by atoms with Gasteiger partial charge in [0, 0.05) is 31.1 Å². The van der Waals surface area contributed by atoms with Gasteiger partial charge in [0.05, 0.1) is 5.02 Å². The number of hydrogen-bond donors (Lipinski definition) is 3. The van der Waals surface area contributed by atoms with E-state index in [4.69, 9.17) is 16.3 Å². The number of nitrogens with zero attached hydrogens (tertiary/aromatic N) is 2. The molecule has 0 fully saturated rings. The second-order valence-corrected chi connectivity index (χ2v) is 6.04. The molecule has 0 atom stereocenters. The Morgan fingerprint density at radius 3 is 2.64 bits per heavy atom. The molecule has 2 aromatic heterocycles. The molecule has 0 saturated heterocycles. The van der Waals surface area contributed by atoms with E-state index in [1.54, 1.807) is 36.4 Å². The minimum atomic E-state index is -1.09. The van der Waals surface area contributed by atoms with Gasteiger partial charge in [0.2, 0.25) is 5.91 Å². The summed E-state index contributed by atoms with van der Waals surface area (Å²) in [6.07, 6.45) is 2.99. The van der Waals surface area contributed by atoms with Crippen LogP contribution in [0.1, 0.15) is 17.3 Å². The number of nitrogens with one attached hydrogen (secondary N) is 2. The fraction of sp³-hybridized carbons (Fsp3) is 0.0526. The molecule has 9 heteroatoms. The molecular weight excluding hydrogens is 384 g/mol. The lowest BCUT2D eigenvalue weighted by atomic mass is 10.2. The largest absolute Gasteiger partial charge is 0.478 e. The number of carboxylic acids is 1. The Morgan fingerprint density at radius 2 is 1.93 bits per heavy atom. The fourth-order valence-corrected chi connectivity index (χ4v) is 2.55. The van der Waals surface area contributed by atoms with Gasteiger partial charge in [0.1, 0.15) is 28.7 Å². The van der Waals surface area contributed by atoms with E-state index in [0.717, 1.165) is 0 Å². The third-order valence-corrected chi connectivity index (χ3v) is 3.79. The van der Waals surface area contributed by atoms with E-state index >= 15 is 0 Å². The monoisotopic (exact) mass is 398 g/mol. The third kappa shape index (κ3) is 4.74. The van der Waals surface area contributed by atoms with Crippen LogP contribution in [-0.2, 0) is 4.79 Å². The van der Waals surface area contributed by atoms with Gasteiger partial charge in [-0.3, -0.25) is 4.79 Å². The van der Waals surface area contributed by atoms with Gasteiger partial charge in [0.15, 0.2) is 0 Å². The van der Waals surface area contributed by atoms with Crippen molar-refractivity contribution in [1.29, 1.82) is 0 Å².